The van der Waals surface area contributed by atoms with E-state index >= 15 is 0 Å². The van der Waals surface area contributed by atoms with E-state index in [0.717, 1.165) is 12.8 Å². The van der Waals surface area contributed by atoms with Crippen molar-refractivity contribution in [3.8, 4) is 5.75 Å². The fraction of sp³-hybridized carbons (Fsp3) is 0.571. The quantitative estimate of drug-likeness (QED) is 0.875. The second kappa shape index (κ2) is 5.05. The smallest absolute Gasteiger partial charge is 0.169 e. The molecule has 0 spiro atoms. The minimum absolute atomic E-state index is 0.213. The molecule has 0 aliphatic heterocycles. The highest BCUT2D eigenvalue weighted by Crippen LogP contribution is 2.39. The molecule has 0 heterocycles. The molecule has 94 valence electrons. The molecule has 0 amide bonds. The Bertz CT molecular complexity index is 394. The molecule has 17 heavy (non-hydrogen) atoms. The fourth-order valence-corrected chi connectivity index (χ4v) is 2.77. The maximum atomic E-state index is 14.1. The summed E-state index contributed by atoms with van der Waals surface area (Å²) in [4.78, 5) is 0. The third kappa shape index (κ3) is 2.44. The van der Waals surface area contributed by atoms with E-state index < -0.39 is 0 Å². The average Bonchev–Trinajstić information content (AvgIpc) is 2.75. The molecule has 1 fully saturated rings. The SMILES string of the molecule is COc1cccc(C(N)C2CCC(C)C2)c1F. The Labute approximate surface area is 102 Å². The van der Waals surface area contributed by atoms with Gasteiger partial charge in [0.1, 0.15) is 0 Å². The summed E-state index contributed by atoms with van der Waals surface area (Å²) in [5.74, 6) is 1.08. The van der Waals surface area contributed by atoms with Gasteiger partial charge < -0.3 is 10.5 Å². The lowest BCUT2D eigenvalue weighted by molar-refractivity contribution is 0.371. The predicted molar refractivity (Wildman–Crippen MR) is 66.4 cm³/mol. The molecule has 1 aliphatic rings. The Morgan fingerprint density at radius 2 is 2.18 bits per heavy atom. The predicted octanol–water partition coefficient (Wildman–Crippen LogP) is 3.27. The summed E-state index contributed by atoms with van der Waals surface area (Å²) < 4.78 is 19.1. The summed E-state index contributed by atoms with van der Waals surface area (Å²) >= 11 is 0. The van der Waals surface area contributed by atoms with Crippen LogP contribution in [-0.2, 0) is 0 Å². The van der Waals surface area contributed by atoms with Crippen LogP contribution in [0.4, 0.5) is 4.39 Å². The van der Waals surface area contributed by atoms with Crippen LogP contribution in [0.5, 0.6) is 5.75 Å². The second-order valence-corrected chi connectivity index (χ2v) is 5.07. The number of nitrogens with two attached hydrogens (primary N) is 1. The molecule has 0 aromatic heterocycles. The zero-order chi connectivity index (χ0) is 12.4. The van der Waals surface area contributed by atoms with E-state index in [-0.39, 0.29) is 17.6 Å². The van der Waals surface area contributed by atoms with Gasteiger partial charge >= 0.3 is 0 Å². The molecule has 2 nitrogen and oxygen atoms in total. The van der Waals surface area contributed by atoms with Crippen LogP contribution in [0.15, 0.2) is 18.2 Å². The van der Waals surface area contributed by atoms with Crippen molar-refractivity contribution in [2.45, 2.75) is 32.2 Å². The van der Waals surface area contributed by atoms with Crippen molar-refractivity contribution < 1.29 is 9.13 Å². The summed E-state index contributed by atoms with van der Waals surface area (Å²) in [6.45, 7) is 2.23. The third-order valence-electron chi connectivity index (χ3n) is 3.82. The molecule has 2 rings (SSSR count). The molecule has 0 saturated heterocycles. The molecule has 0 bridgehead atoms. The number of benzene rings is 1. The number of methoxy groups -OCH3 is 1. The molecule has 1 aromatic rings. The van der Waals surface area contributed by atoms with Gasteiger partial charge in [-0.25, -0.2) is 4.39 Å². The van der Waals surface area contributed by atoms with Crippen LogP contribution in [0.2, 0.25) is 0 Å². The van der Waals surface area contributed by atoms with Crippen molar-refractivity contribution in [2.24, 2.45) is 17.6 Å². The molecule has 3 atom stereocenters. The van der Waals surface area contributed by atoms with Gasteiger partial charge in [-0.05, 0) is 30.7 Å². The van der Waals surface area contributed by atoms with Crippen LogP contribution in [0.3, 0.4) is 0 Å². The van der Waals surface area contributed by atoms with E-state index in [1.807, 2.05) is 0 Å². The minimum atomic E-state index is -0.304. The molecule has 1 aromatic carbocycles. The Kier molecular flexibility index (Phi) is 3.67. The number of halogens is 1. The topological polar surface area (TPSA) is 35.2 Å². The first kappa shape index (κ1) is 12.4. The van der Waals surface area contributed by atoms with Gasteiger partial charge in [0.05, 0.1) is 7.11 Å². The zero-order valence-corrected chi connectivity index (χ0v) is 10.4. The summed E-state index contributed by atoms with van der Waals surface area (Å²) in [6.07, 6.45) is 3.39. The van der Waals surface area contributed by atoms with E-state index in [4.69, 9.17) is 10.5 Å². The molecule has 0 radical (unpaired) electrons. The van der Waals surface area contributed by atoms with E-state index in [1.165, 1.54) is 13.5 Å². The van der Waals surface area contributed by atoms with E-state index in [1.54, 1.807) is 18.2 Å². The number of ether oxygens (including phenoxy) is 1. The summed E-state index contributed by atoms with van der Waals surface area (Å²) in [5, 5.41) is 0. The van der Waals surface area contributed by atoms with E-state index in [9.17, 15) is 4.39 Å². The summed E-state index contributed by atoms with van der Waals surface area (Å²) in [7, 11) is 1.48. The molecule has 1 aliphatic carbocycles. The maximum Gasteiger partial charge on any atom is 0.169 e. The molecule has 3 heteroatoms. The van der Waals surface area contributed by atoms with Gasteiger partial charge in [-0.1, -0.05) is 25.5 Å². The first-order valence-corrected chi connectivity index (χ1v) is 6.21. The van der Waals surface area contributed by atoms with Crippen LogP contribution in [0.25, 0.3) is 0 Å². The Hall–Kier alpha value is -1.09. The van der Waals surface area contributed by atoms with Gasteiger partial charge in [0.15, 0.2) is 11.6 Å². The highest BCUT2D eigenvalue weighted by Gasteiger charge is 2.29. The zero-order valence-electron chi connectivity index (χ0n) is 10.4. The summed E-state index contributed by atoms with van der Waals surface area (Å²) in [6, 6.07) is 4.99. The Balaban J connectivity index is 2.21. The number of hydrogen-bond donors (Lipinski definition) is 1. The number of hydrogen-bond acceptors (Lipinski definition) is 2. The lowest BCUT2D eigenvalue weighted by Crippen LogP contribution is -2.21. The van der Waals surface area contributed by atoms with Gasteiger partial charge in [0.25, 0.3) is 0 Å². The Morgan fingerprint density at radius 1 is 1.41 bits per heavy atom. The van der Waals surface area contributed by atoms with Gasteiger partial charge in [-0.3, -0.25) is 0 Å². The van der Waals surface area contributed by atoms with Crippen molar-refractivity contribution in [3.05, 3.63) is 29.6 Å². The van der Waals surface area contributed by atoms with Gasteiger partial charge in [-0.2, -0.15) is 0 Å². The monoisotopic (exact) mass is 237 g/mol. The standard InChI is InChI=1S/C14H20FNO/c1-9-6-7-10(8-9)14(16)11-4-3-5-12(17-2)13(11)15/h3-5,9-10,14H,6-8,16H2,1-2H3. The van der Waals surface area contributed by atoms with Crippen LogP contribution >= 0.6 is 0 Å². The largest absolute Gasteiger partial charge is 0.494 e. The first-order chi connectivity index (χ1) is 8.13. The lowest BCUT2D eigenvalue weighted by Gasteiger charge is -2.20. The van der Waals surface area contributed by atoms with Crippen molar-refractivity contribution >= 4 is 0 Å². The third-order valence-corrected chi connectivity index (χ3v) is 3.82. The van der Waals surface area contributed by atoms with Crippen LogP contribution in [0.1, 0.15) is 37.8 Å². The maximum absolute atomic E-state index is 14.1. The molecule has 3 unspecified atom stereocenters. The second-order valence-electron chi connectivity index (χ2n) is 5.07. The van der Waals surface area contributed by atoms with Crippen molar-refractivity contribution in [3.63, 3.8) is 0 Å². The van der Waals surface area contributed by atoms with Gasteiger partial charge in [0.2, 0.25) is 0 Å². The molecular formula is C14H20FNO. The molecule has 1 saturated carbocycles. The Morgan fingerprint density at radius 3 is 2.76 bits per heavy atom. The molecule has 2 N–H and O–H groups in total. The average molecular weight is 237 g/mol. The highest BCUT2D eigenvalue weighted by molar-refractivity contribution is 5.33. The minimum Gasteiger partial charge on any atom is -0.494 e. The van der Waals surface area contributed by atoms with E-state index in [2.05, 4.69) is 6.92 Å². The van der Waals surface area contributed by atoms with E-state index in [0.29, 0.717) is 17.4 Å². The van der Waals surface area contributed by atoms with Gasteiger partial charge in [0, 0.05) is 11.6 Å². The van der Waals surface area contributed by atoms with Gasteiger partial charge in [-0.15, -0.1) is 0 Å². The fourth-order valence-electron chi connectivity index (χ4n) is 2.77. The van der Waals surface area contributed by atoms with Crippen LogP contribution in [-0.4, -0.2) is 7.11 Å². The van der Waals surface area contributed by atoms with Crippen molar-refractivity contribution in [2.75, 3.05) is 7.11 Å². The normalized spacial score (nSPS) is 25.9. The van der Waals surface area contributed by atoms with Crippen LogP contribution < -0.4 is 10.5 Å². The molecular weight excluding hydrogens is 217 g/mol. The highest BCUT2D eigenvalue weighted by atomic mass is 19.1. The van der Waals surface area contributed by atoms with Crippen molar-refractivity contribution in [1.29, 1.82) is 0 Å². The van der Waals surface area contributed by atoms with Crippen molar-refractivity contribution in [1.82, 2.24) is 0 Å². The summed E-state index contributed by atoms with van der Waals surface area (Å²) in [5.41, 5.74) is 6.78. The number of rotatable bonds is 3. The van der Waals surface area contributed by atoms with Crippen LogP contribution in [0, 0.1) is 17.7 Å². The lowest BCUT2D eigenvalue weighted by atomic mass is 9.91. The first-order valence-electron chi connectivity index (χ1n) is 6.21.